The van der Waals surface area contributed by atoms with Gasteiger partial charge in [0.15, 0.2) is 0 Å². The molecule has 26 heavy (non-hydrogen) atoms. The van der Waals surface area contributed by atoms with Gasteiger partial charge >= 0.3 is 0 Å². The summed E-state index contributed by atoms with van der Waals surface area (Å²) >= 11 is 0. The summed E-state index contributed by atoms with van der Waals surface area (Å²) in [5, 5.41) is 7.67. The molecule has 4 heteroatoms. The van der Waals surface area contributed by atoms with Crippen LogP contribution < -0.4 is 5.32 Å². The van der Waals surface area contributed by atoms with E-state index < -0.39 is 0 Å². The minimum atomic E-state index is -0.0721. The molecule has 0 radical (unpaired) electrons. The quantitative estimate of drug-likeness (QED) is 0.753. The zero-order valence-corrected chi connectivity index (χ0v) is 15.2. The molecule has 0 atom stereocenters. The molecular weight excluding hydrogens is 322 g/mol. The molecule has 3 aromatic rings. The van der Waals surface area contributed by atoms with Crippen LogP contribution in [0.2, 0.25) is 0 Å². The van der Waals surface area contributed by atoms with Gasteiger partial charge in [-0.25, -0.2) is 4.68 Å². The van der Waals surface area contributed by atoms with Crippen molar-refractivity contribution in [1.82, 2.24) is 9.78 Å². The highest BCUT2D eigenvalue weighted by Gasteiger charge is 2.17. The largest absolute Gasteiger partial charge is 0.319 e. The van der Waals surface area contributed by atoms with Gasteiger partial charge in [-0.2, -0.15) is 5.10 Å². The average Bonchev–Trinajstić information content (AvgIpc) is 2.96. The van der Waals surface area contributed by atoms with Crippen LogP contribution in [0.25, 0.3) is 5.69 Å². The third kappa shape index (κ3) is 3.03. The number of hydrogen-bond acceptors (Lipinski definition) is 2. The fourth-order valence-electron chi connectivity index (χ4n) is 3.70. The van der Waals surface area contributed by atoms with Crippen LogP contribution in [0.4, 0.5) is 5.69 Å². The first-order valence-electron chi connectivity index (χ1n) is 9.18. The normalized spacial score (nSPS) is 13.3. The molecule has 0 unspecified atom stereocenters. The molecule has 0 saturated heterocycles. The zero-order valence-electron chi connectivity index (χ0n) is 15.2. The second-order valence-corrected chi connectivity index (χ2v) is 6.94. The Labute approximate surface area is 153 Å². The number of nitrogens with zero attached hydrogens (tertiary/aromatic N) is 2. The van der Waals surface area contributed by atoms with Crippen LogP contribution in [0.3, 0.4) is 0 Å². The third-order valence-corrected chi connectivity index (χ3v) is 5.14. The summed E-state index contributed by atoms with van der Waals surface area (Å²) in [7, 11) is 0. The summed E-state index contributed by atoms with van der Waals surface area (Å²) in [6, 6.07) is 16.1. The first-order valence-corrected chi connectivity index (χ1v) is 9.18. The third-order valence-electron chi connectivity index (χ3n) is 5.14. The van der Waals surface area contributed by atoms with Gasteiger partial charge in [0.1, 0.15) is 0 Å². The van der Waals surface area contributed by atoms with E-state index in [2.05, 4.69) is 22.5 Å². The molecule has 0 spiro atoms. The van der Waals surface area contributed by atoms with Crippen LogP contribution in [-0.4, -0.2) is 15.7 Å². The average molecular weight is 345 g/mol. The van der Waals surface area contributed by atoms with Crippen molar-refractivity contribution in [3.63, 3.8) is 0 Å². The highest BCUT2D eigenvalue weighted by molar-refractivity contribution is 6.05. The van der Waals surface area contributed by atoms with Crippen molar-refractivity contribution in [2.45, 2.75) is 39.5 Å². The lowest BCUT2D eigenvalue weighted by atomic mass is 9.90. The molecule has 4 nitrogen and oxygen atoms in total. The van der Waals surface area contributed by atoms with Gasteiger partial charge < -0.3 is 5.32 Å². The summed E-state index contributed by atoms with van der Waals surface area (Å²) in [5.74, 6) is -0.0721. The summed E-state index contributed by atoms with van der Waals surface area (Å²) in [6.07, 6.45) is 4.65. The van der Waals surface area contributed by atoms with Gasteiger partial charge in [-0.1, -0.05) is 24.3 Å². The highest BCUT2D eigenvalue weighted by Crippen LogP contribution is 2.25. The van der Waals surface area contributed by atoms with Crippen molar-refractivity contribution in [2.75, 3.05) is 5.32 Å². The van der Waals surface area contributed by atoms with Gasteiger partial charge in [-0.15, -0.1) is 0 Å². The lowest BCUT2D eigenvalue weighted by molar-refractivity contribution is 0.102. The van der Waals surface area contributed by atoms with Gasteiger partial charge in [0, 0.05) is 5.56 Å². The summed E-state index contributed by atoms with van der Waals surface area (Å²) in [5.41, 5.74) is 6.95. The minimum absolute atomic E-state index is 0.0721. The molecule has 0 aliphatic heterocycles. The smallest absolute Gasteiger partial charge is 0.255 e. The number of benzene rings is 2. The molecule has 132 valence electrons. The number of para-hydroxylation sites is 1. The maximum absolute atomic E-state index is 12.8. The summed E-state index contributed by atoms with van der Waals surface area (Å²) < 4.78 is 1.87. The van der Waals surface area contributed by atoms with E-state index in [1.54, 1.807) is 0 Å². The van der Waals surface area contributed by atoms with E-state index in [1.165, 1.54) is 24.0 Å². The number of nitrogens with one attached hydrogen (secondary N) is 1. The van der Waals surface area contributed by atoms with Gasteiger partial charge in [0.2, 0.25) is 0 Å². The van der Waals surface area contributed by atoms with E-state index in [1.807, 2.05) is 54.9 Å². The Balaban J connectivity index is 1.61. The zero-order chi connectivity index (χ0) is 18.1. The topological polar surface area (TPSA) is 46.9 Å². The van der Waals surface area contributed by atoms with E-state index in [9.17, 15) is 4.79 Å². The Kier molecular flexibility index (Phi) is 4.33. The highest BCUT2D eigenvalue weighted by atomic mass is 16.1. The Morgan fingerprint density at radius 1 is 1.00 bits per heavy atom. The van der Waals surface area contributed by atoms with Crippen molar-refractivity contribution in [3.05, 3.63) is 76.6 Å². The first kappa shape index (κ1) is 16.6. The lowest BCUT2D eigenvalue weighted by Gasteiger charge is -2.16. The number of carbonyl (C=O) groups is 1. The summed E-state index contributed by atoms with van der Waals surface area (Å²) in [4.78, 5) is 12.8. The standard InChI is InChI=1S/C22H23N3O/c1-15-21(16(2)25(24-15)20-10-4-3-5-11-20)23-22(26)19-13-12-17-8-6-7-9-18(17)14-19/h3-5,10-14H,6-9H2,1-2H3,(H,23,26). The summed E-state index contributed by atoms with van der Waals surface area (Å²) in [6.45, 7) is 3.91. The van der Waals surface area contributed by atoms with Crippen molar-refractivity contribution >= 4 is 11.6 Å². The van der Waals surface area contributed by atoms with Crippen molar-refractivity contribution < 1.29 is 4.79 Å². The van der Waals surface area contributed by atoms with E-state index in [0.717, 1.165) is 41.2 Å². The molecular formula is C22H23N3O. The van der Waals surface area contributed by atoms with E-state index in [0.29, 0.717) is 0 Å². The molecule has 4 rings (SSSR count). The molecule has 1 N–H and O–H groups in total. The van der Waals surface area contributed by atoms with Crippen LogP contribution in [0.1, 0.15) is 45.7 Å². The molecule has 1 aromatic heterocycles. The minimum Gasteiger partial charge on any atom is -0.319 e. The fourth-order valence-corrected chi connectivity index (χ4v) is 3.70. The molecule has 1 aliphatic rings. The fraction of sp³-hybridized carbons (Fsp3) is 0.273. The van der Waals surface area contributed by atoms with Crippen LogP contribution in [-0.2, 0) is 12.8 Å². The van der Waals surface area contributed by atoms with Crippen molar-refractivity contribution in [2.24, 2.45) is 0 Å². The predicted octanol–water partition coefficient (Wildman–Crippen LogP) is 4.62. The lowest BCUT2D eigenvalue weighted by Crippen LogP contribution is -2.14. The van der Waals surface area contributed by atoms with E-state index in [-0.39, 0.29) is 5.91 Å². The Bertz CT molecular complexity index is 957. The van der Waals surface area contributed by atoms with Crippen LogP contribution in [0, 0.1) is 13.8 Å². The number of hydrogen-bond donors (Lipinski definition) is 1. The van der Waals surface area contributed by atoms with E-state index in [4.69, 9.17) is 0 Å². The van der Waals surface area contributed by atoms with Gasteiger partial charge in [-0.05, 0) is 74.9 Å². The number of fused-ring (bicyclic) bond motifs is 1. The Hall–Kier alpha value is -2.88. The second kappa shape index (κ2) is 6.79. The molecule has 0 bridgehead atoms. The number of rotatable bonds is 3. The Morgan fingerprint density at radius 3 is 2.50 bits per heavy atom. The molecule has 1 aliphatic carbocycles. The molecule has 1 heterocycles. The van der Waals surface area contributed by atoms with Crippen LogP contribution >= 0.6 is 0 Å². The van der Waals surface area contributed by atoms with Crippen molar-refractivity contribution in [3.8, 4) is 5.69 Å². The number of aryl methyl sites for hydroxylation is 3. The predicted molar refractivity (Wildman–Crippen MR) is 104 cm³/mol. The van der Waals surface area contributed by atoms with E-state index >= 15 is 0 Å². The molecule has 1 amide bonds. The van der Waals surface area contributed by atoms with Crippen molar-refractivity contribution in [1.29, 1.82) is 0 Å². The van der Waals surface area contributed by atoms with Crippen LogP contribution in [0.5, 0.6) is 0 Å². The Morgan fingerprint density at radius 2 is 1.73 bits per heavy atom. The maximum atomic E-state index is 12.8. The molecule has 2 aromatic carbocycles. The van der Waals surface area contributed by atoms with Gasteiger partial charge in [0.25, 0.3) is 5.91 Å². The van der Waals surface area contributed by atoms with Gasteiger partial charge in [0.05, 0.1) is 22.8 Å². The second-order valence-electron chi connectivity index (χ2n) is 6.94. The number of aromatic nitrogens is 2. The maximum Gasteiger partial charge on any atom is 0.255 e. The number of amides is 1. The van der Waals surface area contributed by atoms with Crippen LogP contribution in [0.15, 0.2) is 48.5 Å². The van der Waals surface area contributed by atoms with Gasteiger partial charge in [-0.3, -0.25) is 4.79 Å². The monoisotopic (exact) mass is 345 g/mol. The molecule has 0 saturated carbocycles. The first-order chi connectivity index (χ1) is 12.6. The molecule has 0 fully saturated rings. The number of anilines is 1. The number of carbonyl (C=O) groups excluding carboxylic acids is 1. The SMILES string of the molecule is Cc1nn(-c2ccccc2)c(C)c1NC(=O)c1ccc2c(c1)CCCC2.